The topological polar surface area (TPSA) is 89.2 Å². The molecule has 0 saturated carbocycles. The number of primary amides is 1. The minimum Gasteiger partial charge on any atom is -0.369 e. The molecular weight excluding hydrogens is 376 g/mol. The summed E-state index contributed by atoms with van der Waals surface area (Å²) in [5.41, 5.74) is 6.61. The molecule has 2 aromatic rings. The summed E-state index contributed by atoms with van der Waals surface area (Å²) in [7, 11) is 0. The fraction of sp³-hybridized carbons (Fsp3) is 0.500. The van der Waals surface area contributed by atoms with Crippen LogP contribution in [0, 0.1) is 17.3 Å². The lowest BCUT2D eigenvalue weighted by atomic mass is 9.71. The average molecular weight is 411 g/mol. The molecule has 162 valence electrons. The van der Waals surface area contributed by atoms with Gasteiger partial charge in [-0.1, -0.05) is 39.8 Å². The fourth-order valence-corrected chi connectivity index (χ4v) is 4.09. The summed E-state index contributed by atoms with van der Waals surface area (Å²) >= 11 is 0. The van der Waals surface area contributed by atoms with E-state index in [1.54, 1.807) is 17.3 Å². The van der Waals surface area contributed by atoms with E-state index >= 15 is 0 Å². The number of pyridine rings is 2. The normalized spacial score (nSPS) is 11.7. The van der Waals surface area contributed by atoms with Gasteiger partial charge in [-0.05, 0) is 48.9 Å². The van der Waals surface area contributed by atoms with Crippen molar-refractivity contribution in [1.82, 2.24) is 14.9 Å². The molecule has 2 aromatic heterocycles. The summed E-state index contributed by atoms with van der Waals surface area (Å²) in [6.07, 6.45) is 4.70. The maximum absolute atomic E-state index is 13.5. The van der Waals surface area contributed by atoms with Crippen LogP contribution in [-0.2, 0) is 22.7 Å². The number of hydrogen-bond donors (Lipinski definition) is 1. The van der Waals surface area contributed by atoms with Crippen molar-refractivity contribution in [3.63, 3.8) is 0 Å². The van der Waals surface area contributed by atoms with Crippen LogP contribution in [-0.4, -0.2) is 26.7 Å². The number of hydrogen-bond acceptors (Lipinski definition) is 4. The highest BCUT2D eigenvalue weighted by atomic mass is 16.2. The van der Waals surface area contributed by atoms with Crippen LogP contribution < -0.4 is 5.73 Å². The van der Waals surface area contributed by atoms with E-state index in [2.05, 4.69) is 37.7 Å². The van der Waals surface area contributed by atoms with Gasteiger partial charge in [0.1, 0.15) is 0 Å². The van der Waals surface area contributed by atoms with Crippen LogP contribution in [0.2, 0.25) is 0 Å². The second-order valence-corrected chi connectivity index (χ2v) is 8.91. The third kappa shape index (κ3) is 6.94. The molecule has 2 amide bonds. The van der Waals surface area contributed by atoms with Crippen molar-refractivity contribution in [3.05, 3.63) is 60.2 Å². The SMILES string of the molecule is CC(C)CC(CC(=O)N(Cc1ccccn1)Cc1ccccn1)(CC(C)C)C(N)=O. The van der Waals surface area contributed by atoms with Crippen molar-refractivity contribution in [2.75, 3.05) is 0 Å². The van der Waals surface area contributed by atoms with Crippen LogP contribution in [0.25, 0.3) is 0 Å². The number of carbonyl (C=O) groups is 2. The van der Waals surface area contributed by atoms with Crippen LogP contribution >= 0.6 is 0 Å². The minimum absolute atomic E-state index is 0.0956. The smallest absolute Gasteiger partial charge is 0.224 e. The van der Waals surface area contributed by atoms with E-state index < -0.39 is 11.3 Å². The van der Waals surface area contributed by atoms with Gasteiger partial charge >= 0.3 is 0 Å². The highest BCUT2D eigenvalue weighted by molar-refractivity contribution is 5.88. The molecule has 2 heterocycles. The van der Waals surface area contributed by atoms with Gasteiger partial charge in [-0.2, -0.15) is 0 Å². The van der Waals surface area contributed by atoms with Gasteiger partial charge < -0.3 is 10.6 Å². The van der Waals surface area contributed by atoms with Crippen molar-refractivity contribution in [2.45, 2.75) is 60.0 Å². The Balaban J connectivity index is 2.32. The summed E-state index contributed by atoms with van der Waals surface area (Å²) in [6, 6.07) is 11.3. The molecule has 0 saturated heterocycles. The molecule has 2 N–H and O–H groups in total. The maximum atomic E-state index is 13.5. The minimum atomic E-state index is -0.855. The molecule has 30 heavy (non-hydrogen) atoms. The number of amides is 2. The molecule has 0 aliphatic heterocycles. The summed E-state index contributed by atoms with van der Waals surface area (Å²) < 4.78 is 0. The summed E-state index contributed by atoms with van der Waals surface area (Å²) in [6.45, 7) is 8.94. The first-order valence-corrected chi connectivity index (χ1v) is 10.6. The molecule has 0 radical (unpaired) electrons. The van der Waals surface area contributed by atoms with Crippen molar-refractivity contribution in [2.24, 2.45) is 23.0 Å². The average Bonchev–Trinajstić information content (AvgIpc) is 2.67. The molecule has 0 aliphatic carbocycles. The van der Waals surface area contributed by atoms with Gasteiger partial charge in [-0.3, -0.25) is 19.6 Å². The Morgan fingerprint density at radius 1 is 0.900 bits per heavy atom. The Kier molecular flexibility index (Phi) is 8.51. The molecule has 0 atom stereocenters. The monoisotopic (exact) mass is 410 g/mol. The molecule has 2 rings (SSSR count). The Labute approximate surface area is 179 Å². The van der Waals surface area contributed by atoms with Gasteiger partial charge in [0, 0.05) is 18.8 Å². The van der Waals surface area contributed by atoms with Crippen LogP contribution in [0.15, 0.2) is 48.8 Å². The van der Waals surface area contributed by atoms with E-state index in [1.807, 2.05) is 36.4 Å². The number of aromatic nitrogens is 2. The molecule has 0 bridgehead atoms. The molecule has 0 aromatic carbocycles. The lowest BCUT2D eigenvalue weighted by molar-refractivity contribution is -0.142. The molecular formula is C24H34N4O2. The second kappa shape index (κ2) is 10.9. The van der Waals surface area contributed by atoms with Crippen LogP contribution in [0.4, 0.5) is 0 Å². The van der Waals surface area contributed by atoms with E-state index in [0.29, 0.717) is 25.9 Å². The van der Waals surface area contributed by atoms with Gasteiger partial charge in [0.2, 0.25) is 11.8 Å². The third-order valence-electron chi connectivity index (χ3n) is 5.12. The second-order valence-electron chi connectivity index (χ2n) is 8.91. The first-order chi connectivity index (χ1) is 14.2. The van der Waals surface area contributed by atoms with E-state index in [4.69, 9.17) is 5.73 Å². The van der Waals surface area contributed by atoms with Crippen molar-refractivity contribution in [1.29, 1.82) is 0 Å². The number of nitrogens with zero attached hydrogens (tertiary/aromatic N) is 3. The van der Waals surface area contributed by atoms with Crippen molar-refractivity contribution < 1.29 is 9.59 Å². The quantitative estimate of drug-likeness (QED) is 0.607. The predicted octanol–water partition coefficient (Wildman–Crippen LogP) is 3.96. The van der Waals surface area contributed by atoms with Gasteiger partial charge in [-0.15, -0.1) is 0 Å². The third-order valence-corrected chi connectivity index (χ3v) is 5.12. The molecule has 0 fully saturated rings. The zero-order chi connectivity index (χ0) is 22.1. The lowest BCUT2D eigenvalue weighted by Crippen LogP contribution is -2.44. The number of nitrogens with two attached hydrogens (primary N) is 1. The Bertz CT molecular complexity index is 755. The largest absolute Gasteiger partial charge is 0.369 e. The summed E-state index contributed by atoms with van der Waals surface area (Å²) in [5.74, 6) is 0.00781. The zero-order valence-electron chi connectivity index (χ0n) is 18.5. The van der Waals surface area contributed by atoms with Crippen molar-refractivity contribution >= 4 is 11.8 Å². The van der Waals surface area contributed by atoms with E-state index in [0.717, 1.165) is 11.4 Å². The zero-order valence-corrected chi connectivity index (χ0v) is 18.5. The van der Waals surface area contributed by atoms with Gasteiger partial charge in [0.15, 0.2) is 0 Å². The molecule has 6 heteroatoms. The summed E-state index contributed by atoms with van der Waals surface area (Å²) in [4.78, 5) is 36.5. The fourth-order valence-electron chi connectivity index (χ4n) is 4.09. The van der Waals surface area contributed by atoms with E-state index in [1.165, 1.54) is 0 Å². The molecule has 0 aliphatic rings. The van der Waals surface area contributed by atoms with Gasteiger partial charge in [0.05, 0.1) is 29.9 Å². The van der Waals surface area contributed by atoms with Crippen LogP contribution in [0.1, 0.15) is 58.3 Å². The highest BCUT2D eigenvalue weighted by Crippen LogP contribution is 2.38. The van der Waals surface area contributed by atoms with Crippen LogP contribution in [0.3, 0.4) is 0 Å². The van der Waals surface area contributed by atoms with Gasteiger partial charge in [0.25, 0.3) is 0 Å². The first-order valence-electron chi connectivity index (χ1n) is 10.6. The molecule has 6 nitrogen and oxygen atoms in total. The van der Waals surface area contributed by atoms with Crippen LogP contribution in [0.5, 0.6) is 0 Å². The van der Waals surface area contributed by atoms with E-state index in [-0.39, 0.29) is 24.2 Å². The molecule has 0 spiro atoms. The molecule has 0 unspecified atom stereocenters. The predicted molar refractivity (Wildman–Crippen MR) is 118 cm³/mol. The van der Waals surface area contributed by atoms with E-state index in [9.17, 15) is 9.59 Å². The Morgan fingerprint density at radius 2 is 1.37 bits per heavy atom. The standard InChI is InChI=1S/C24H34N4O2/c1-18(2)13-24(23(25)30,14-19(3)4)15-22(29)28(16-20-9-5-7-11-26-20)17-21-10-6-8-12-27-21/h5-12,18-19H,13-17H2,1-4H3,(H2,25,30). The lowest BCUT2D eigenvalue weighted by Gasteiger charge is -2.35. The Morgan fingerprint density at radius 3 is 1.70 bits per heavy atom. The first kappa shape index (κ1) is 23.5. The highest BCUT2D eigenvalue weighted by Gasteiger charge is 2.41. The summed E-state index contributed by atoms with van der Waals surface area (Å²) in [5, 5.41) is 0. The number of carbonyl (C=O) groups excluding carboxylic acids is 2. The van der Waals surface area contributed by atoms with Crippen molar-refractivity contribution in [3.8, 4) is 0 Å². The maximum Gasteiger partial charge on any atom is 0.224 e. The number of rotatable bonds is 11. The Hall–Kier alpha value is -2.76. The van der Waals surface area contributed by atoms with Gasteiger partial charge in [-0.25, -0.2) is 0 Å².